The molecule has 1 heterocycles. The van der Waals surface area contributed by atoms with Gasteiger partial charge in [0.1, 0.15) is 24.4 Å². The summed E-state index contributed by atoms with van der Waals surface area (Å²) in [6.45, 7) is -0.792. The maximum atomic E-state index is 10.3. The van der Waals surface area contributed by atoms with E-state index in [4.69, 9.17) is 15.1 Å². The van der Waals surface area contributed by atoms with Gasteiger partial charge in [0, 0.05) is 0 Å². The molecule has 1 aliphatic rings. The quantitative estimate of drug-likeness (QED) is 0.193. The fourth-order valence-electron chi connectivity index (χ4n) is 1.24. The number of rotatable bonds is 3. The van der Waals surface area contributed by atoms with E-state index in [1.54, 1.807) is 0 Å². The summed E-state index contributed by atoms with van der Waals surface area (Å²) in [4.78, 5) is 18.5. The van der Waals surface area contributed by atoms with Crippen molar-refractivity contribution in [3.05, 3.63) is 0 Å². The molecule has 0 radical (unpaired) electrons. The van der Waals surface area contributed by atoms with Crippen molar-refractivity contribution >= 4 is 7.82 Å². The molecule has 1 fully saturated rings. The van der Waals surface area contributed by atoms with Gasteiger partial charge in [0.05, 0.1) is 6.61 Å². The molecule has 1 aliphatic heterocycles. The molecule has 0 aliphatic carbocycles. The Morgan fingerprint density at radius 2 is 1.76 bits per heavy atom. The predicted molar refractivity (Wildman–Crippen MR) is 45.8 cm³/mol. The molecule has 6 unspecified atom stereocenters. The summed E-state index contributed by atoms with van der Waals surface area (Å²) in [6.07, 6.45) is -8.23. The van der Waals surface area contributed by atoms with Crippen LogP contribution >= 0.6 is 7.82 Å². The van der Waals surface area contributed by atoms with Crippen molar-refractivity contribution < 1.29 is 75.0 Å². The third-order valence-electron chi connectivity index (χ3n) is 2.09. The third-order valence-corrected chi connectivity index (χ3v) is 2.56. The van der Waals surface area contributed by atoms with Crippen molar-refractivity contribution in [3.63, 3.8) is 0 Å². The van der Waals surface area contributed by atoms with E-state index in [1.807, 2.05) is 0 Å². The normalized spacial score (nSPS) is 41.4. The summed E-state index contributed by atoms with van der Waals surface area (Å²) in [6, 6.07) is 0. The number of aliphatic hydroxyl groups is 4. The molecule has 1 rings (SSSR count). The smallest absolute Gasteiger partial charge is 1.00 e. The summed E-state index contributed by atoms with van der Waals surface area (Å²) >= 11 is 0. The van der Waals surface area contributed by atoms with E-state index in [9.17, 15) is 19.7 Å². The summed E-state index contributed by atoms with van der Waals surface area (Å²) in [5.41, 5.74) is 0. The Hall–Kier alpha value is 0.910. The topological polar surface area (TPSA) is 160 Å². The van der Waals surface area contributed by atoms with Gasteiger partial charge in [0.25, 0.3) is 7.82 Å². The van der Waals surface area contributed by atoms with Crippen LogP contribution in [0.4, 0.5) is 0 Å². The Bertz CT molecular complexity index is 288. The molecule has 1 saturated heterocycles. The van der Waals surface area contributed by atoms with E-state index in [-0.39, 0.29) is 31.0 Å². The minimum Gasteiger partial charge on any atom is -1.00 e. The SMILES string of the molecule is O=P([O-])(O)O[13CH2][13CH]1O[13CH](O)[13CH](O)[13CH](O)[13CH]1O.[H-].[Na+]. The van der Waals surface area contributed by atoms with Crippen LogP contribution in [0.25, 0.3) is 0 Å². The maximum Gasteiger partial charge on any atom is 1.00 e. The van der Waals surface area contributed by atoms with Gasteiger partial charge in [-0.15, -0.1) is 0 Å². The molecule has 0 aromatic rings. The molecule has 17 heavy (non-hydrogen) atoms. The van der Waals surface area contributed by atoms with Crippen LogP contribution in [0.5, 0.6) is 0 Å². The van der Waals surface area contributed by atoms with Gasteiger partial charge < -0.3 is 40.9 Å². The van der Waals surface area contributed by atoms with Gasteiger partial charge in [-0.1, -0.05) is 0 Å². The molecule has 9 nitrogen and oxygen atoms in total. The van der Waals surface area contributed by atoms with E-state index in [1.165, 1.54) is 0 Å². The van der Waals surface area contributed by atoms with Crippen molar-refractivity contribution in [2.75, 3.05) is 6.61 Å². The molecule has 0 bridgehead atoms. The number of phosphoric acid groups is 1. The van der Waals surface area contributed by atoms with Crippen LogP contribution in [0.3, 0.4) is 0 Å². The fraction of sp³-hybridized carbons (Fsp3) is 1.00. The second-order valence-electron chi connectivity index (χ2n) is 3.30. The van der Waals surface area contributed by atoms with Crippen LogP contribution < -0.4 is 34.5 Å². The van der Waals surface area contributed by atoms with Gasteiger partial charge in [0.2, 0.25) is 0 Å². The Balaban J connectivity index is 0. The molecule has 0 spiro atoms. The van der Waals surface area contributed by atoms with Gasteiger partial charge in [-0.25, -0.2) is 0 Å². The average Bonchev–Trinajstić information content (AvgIpc) is 2.17. The van der Waals surface area contributed by atoms with Crippen LogP contribution in [0.2, 0.25) is 0 Å². The summed E-state index contributed by atoms with van der Waals surface area (Å²) in [5, 5.41) is 36.7. The molecule has 11 heteroatoms. The van der Waals surface area contributed by atoms with Crippen LogP contribution in [0.15, 0.2) is 0 Å². The van der Waals surface area contributed by atoms with Gasteiger partial charge in [-0.05, 0) is 0 Å². The number of phosphoric ester groups is 1. The Labute approximate surface area is 120 Å². The summed E-state index contributed by atoms with van der Waals surface area (Å²) in [5.74, 6) is 0. The van der Waals surface area contributed by atoms with Crippen molar-refractivity contribution in [2.45, 2.75) is 30.7 Å². The number of aliphatic hydroxyl groups excluding tert-OH is 4. The van der Waals surface area contributed by atoms with Gasteiger partial charge in [0.15, 0.2) is 6.29 Å². The van der Waals surface area contributed by atoms with Gasteiger partial charge >= 0.3 is 29.6 Å². The third kappa shape index (κ3) is 5.19. The first-order valence-electron chi connectivity index (χ1n) is 4.28. The van der Waals surface area contributed by atoms with Gasteiger partial charge in [-0.2, -0.15) is 0 Å². The minimum absolute atomic E-state index is 0. The minimum atomic E-state index is -4.98. The average molecular weight is 289 g/mol. The monoisotopic (exact) mass is 289 g/mol. The molecule has 0 saturated carbocycles. The van der Waals surface area contributed by atoms with Crippen molar-refractivity contribution in [3.8, 4) is 0 Å². The molecular formula is C6H13NaO9P-. The first-order chi connectivity index (χ1) is 7.22. The second-order valence-corrected chi connectivity index (χ2v) is 4.50. The molecule has 6 atom stereocenters. The maximum absolute atomic E-state index is 10.3. The number of hydrogen-bond donors (Lipinski definition) is 5. The molecule has 98 valence electrons. The first kappa shape index (κ1) is 17.9. The molecular weight excluding hydrogens is 276 g/mol. The van der Waals surface area contributed by atoms with E-state index < -0.39 is 45.1 Å². The Morgan fingerprint density at radius 3 is 2.24 bits per heavy atom. The Kier molecular flexibility index (Phi) is 7.27. The summed E-state index contributed by atoms with van der Waals surface area (Å²) < 4.78 is 18.8. The zero-order chi connectivity index (χ0) is 12.5. The summed E-state index contributed by atoms with van der Waals surface area (Å²) in [7, 11) is -4.98. The predicted octanol–water partition coefficient (Wildman–Crippen LogP) is -6.62. The van der Waals surface area contributed by atoms with Crippen molar-refractivity contribution in [2.24, 2.45) is 0 Å². The van der Waals surface area contributed by atoms with E-state index in [0.29, 0.717) is 0 Å². The van der Waals surface area contributed by atoms with Crippen LogP contribution in [-0.4, -0.2) is 62.6 Å². The standard InChI is InChI=1S/C6H13O9P.Na.H/c7-3-2(1-14-16(11,12)13)15-6(10)5(9)4(3)8;;/h2-10H,1H2,(H2,11,12,13);;/q;+1;-1/p-1/i1+1,2+1,3+1,4+1,5+1,6+1;;. The molecule has 5 N–H and O–H groups in total. The van der Waals surface area contributed by atoms with Crippen molar-refractivity contribution in [1.82, 2.24) is 0 Å². The van der Waals surface area contributed by atoms with E-state index in [0.717, 1.165) is 0 Å². The zero-order valence-corrected chi connectivity index (χ0v) is 11.8. The fourth-order valence-corrected chi connectivity index (χ4v) is 1.57. The van der Waals surface area contributed by atoms with Gasteiger partial charge in [-0.3, -0.25) is 4.57 Å². The van der Waals surface area contributed by atoms with Crippen LogP contribution in [0.1, 0.15) is 1.43 Å². The van der Waals surface area contributed by atoms with Crippen LogP contribution in [-0.2, 0) is 13.8 Å². The Morgan fingerprint density at radius 1 is 1.24 bits per heavy atom. The molecule has 0 aromatic carbocycles. The van der Waals surface area contributed by atoms with E-state index in [2.05, 4.69) is 9.26 Å². The molecule has 0 aromatic heterocycles. The second kappa shape index (κ2) is 6.90. The van der Waals surface area contributed by atoms with E-state index >= 15 is 0 Å². The number of ether oxygens (including phenoxy) is 1. The zero-order valence-electron chi connectivity index (χ0n) is 9.91. The van der Waals surface area contributed by atoms with Crippen LogP contribution in [0, 0.1) is 0 Å². The largest absolute Gasteiger partial charge is 1.00 e. The number of hydrogen-bond acceptors (Lipinski definition) is 8. The molecule has 0 amide bonds. The first-order valence-corrected chi connectivity index (χ1v) is 5.78. The van der Waals surface area contributed by atoms with Crippen molar-refractivity contribution in [1.29, 1.82) is 0 Å².